The van der Waals surface area contributed by atoms with Crippen LogP contribution in [0.2, 0.25) is 0 Å². The first-order chi connectivity index (χ1) is 5.15. The van der Waals surface area contributed by atoms with Gasteiger partial charge >= 0.3 is 0 Å². The van der Waals surface area contributed by atoms with Crippen molar-refractivity contribution < 1.29 is 9.59 Å². The number of nitrogens with zero attached hydrogens (tertiary/aromatic N) is 1. The average molecular weight is 151 g/mol. The smallest absolute Gasteiger partial charge is 0.231 e. The first-order valence-corrected chi connectivity index (χ1v) is 3.42. The Hall–Kier alpha value is -1.30. The van der Waals surface area contributed by atoms with Crippen molar-refractivity contribution in [2.24, 2.45) is 0 Å². The zero-order valence-corrected chi connectivity index (χ0v) is 6.33. The maximum absolute atomic E-state index is 11.0. The summed E-state index contributed by atoms with van der Waals surface area (Å²) in [7, 11) is 0. The molecule has 0 bridgehead atoms. The lowest BCUT2D eigenvalue weighted by molar-refractivity contribution is -0.128. The molecule has 1 saturated heterocycles. The summed E-state index contributed by atoms with van der Waals surface area (Å²) in [6.07, 6.45) is 5.12. The highest BCUT2D eigenvalue weighted by Gasteiger charge is 2.29. The number of carbonyl (C=O) groups excluding carboxylic acids is 2. The number of likely N-dealkylation sites (tertiary alicyclic amines) is 1. The molecule has 58 valence electrons. The summed E-state index contributed by atoms with van der Waals surface area (Å²) in [5.74, 6) is 2.21. The third kappa shape index (κ3) is 1.40. The first kappa shape index (κ1) is 7.80. The minimum absolute atomic E-state index is 0.0199. The molecule has 1 fully saturated rings. The second kappa shape index (κ2) is 2.75. The Morgan fingerprint density at radius 2 is 2.27 bits per heavy atom. The van der Waals surface area contributed by atoms with Crippen molar-refractivity contribution in [1.82, 2.24) is 4.90 Å². The van der Waals surface area contributed by atoms with Gasteiger partial charge in [0.2, 0.25) is 5.91 Å². The Balaban J connectivity index is 2.69. The fraction of sp³-hybridized carbons (Fsp3) is 0.500. The molecule has 3 nitrogen and oxygen atoms in total. The van der Waals surface area contributed by atoms with Crippen molar-refractivity contribution in [3.63, 3.8) is 0 Å². The van der Waals surface area contributed by atoms with E-state index in [9.17, 15) is 9.59 Å². The van der Waals surface area contributed by atoms with E-state index in [0.717, 1.165) is 0 Å². The van der Waals surface area contributed by atoms with Gasteiger partial charge in [-0.25, -0.2) is 0 Å². The number of ketones is 1. The summed E-state index contributed by atoms with van der Waals surface area (Å²) < 4.78 is 0. The van der Waals surface area contributed by atoms with E-state index in [0.29, 0.717) is 0 Å². The second-order valence-electron chi connectivity index (χ2n) is 2.58. The molecule has 1 rings (SSSR count). The summed E-state index contributed by atoms with van der Waals surface area (Å²) in [5.41, 5.74) is 0. The summed E-state index contributed by atoms with van der Waals surface area (Å²) in [5, 5.41) is 0. The Morgan fingerprint density at radius 1 is 1.64 bits per heavy atom. The van der Waals surface area contributed by atoms with Gasteiger partial charge in [-0.15, -0.1) is 6.42 Å². The van der Waals surface area contributed by atoms with E-state index in [2.05, 4.69) is 5.92 Å². The number of rotatable bonds is 1. The topological polar surface area (TPSA) is 37.4 Å². The van der Waals surface area contributed by atoms with E-state index in [1.54, 1.807) is 6.92 Å². The highest BCUT2D eigenvalue weighted by Crippen LogP contribution is 2.09. The zero-order valence-electron chi connectivity index (χ0n) is 6.33. The van der Waals surface area contributed by atoms with Crippen molar-refractivity contribution >= 4 is 11.7 Å². The van der Waals surface area contributed by atoms with Crippen molar-refractivity contribution in [1.29, 1.82) is 0 Å². The van der Waals surface area contributed by atoms with Gasteiger partial charge in [-0.3, -0.25) is 9.59 Å². The Kier molecular flexibility index (Phi) is 1.95. The normalized spacial score (nSPS) is 20.2. The molecule has 0 spiro atoms. The lowest BCUT2D eigenvalue weighted by atomic mass is 10.3. The number of amides is 1. The number of hydrogen-bond donors (Lipinski definition) is 0. The fourth-order valence-corrected chi connectivity index (χ4v) is 1.05. The maximum atomic E-state index is 11.0. The average Bonchev–Trinajstić information content (AvgIpc) is 2.28. The molecule has 0 aromatic heterocycles. The molecule has 1 atom stereocenters. The van der Waals surface area contributed by atoms with Crippen LogP contribution in [0.15, 0.2) is 0 Å². The Labute approximate surface area is 65.4 Å². The number of terminal acetylenes is 1. The van der Waals surface area contributed by atoms with Crippen molar-refractivity contribution in [3.05, 3.63) is 0 Å². The zero-order chi connectivity index (χ0) is 8.43. The molecule has 0 aromatic carbocycles. The number of carbonyl (C=O) groups is 2. The van der Waals surface area contributed by atoms with Gasteiger partial charge in [0, 0.05) is 0 Å². The predicted molar refractivity (Wildman–Crippen MR) is 39.6 cm³/mol. The SMILES string of the molecule is C#CC(C)N1CC(=O)CC1=O. The lowest BCUT2D eigenvalue weighted by Crippen LogP contribution is -2.33. The Bertz CT molecular complexity index is 239. The standard InChI is InChI=1S/C8H9NO2/c1-3-6(2)9-5-7(10)4-8(9)11/h1,6H,4-5H2,2H3. The van der Waals surface area contributed by atoms with Gasteiger partial charge < -0.3 is 4.90 Å². The van der Waals surface area contributed by atoms with Crippen LogP contribution in [0.4, 0.5) is 0 Å². The van der Waals surface area contributed by atoms with E-state index in [1.807, 2.05) is 0 Å². The number of hydrogen-bond acceptors (Lipinski definition) is 2. The molecular weight excluding hydrogens is 142 g/mol. The summed E-state index contributed by atoms with van der Waals surface area (Å²) in [4.78, 5) is 23.2. The van der Waals surface area contributed by atoms with Gasteiger partial charge in [0.15, 0.2) is 5.78 Å². The van der Waals surface area contributed by atoms with Gasteiger partial charge in [0.05, 0.1) is 19.0 Å². The van der Waals surface area contributed by atoms with Crippen LogP contribution >= 0.6 is 0 Å². The van der Waals surface area contributed by atoms with Gasteiger partial charge in [0.1, 0.15) is 0 Å². The predicted octanol–water partition coefficient (Wildman–Crippen LogP) is -0.190. The van der Waals surface area contributed by atoms with Gasteiger partial charge in [0.25, 0.3) is 0 Å². The quantitative estimate of drug-likeness (QED) is 0.385. The van der Waals surface area contributed by atoms with Crippen molar-refractivity contribution in [2.75, 3.05) is 6.54 Å². The van der Waals surface area contributed by atoms with Crippen LogP contribution in [-0.4, -0.2) is 29.2 Å². The van der Waals surface area contributed by atoms with E-state index in [1.165, 1.54) is 4.90 Å². The molecule has 1 heterocycles. The molecule has 1 aliphatic rings. The molecule has 1 aliphatic heterocycles. The van der Waals surface area contributed by atoms with E-state index >= 15 is 0 Å². The molecular formula is C8H9NO2. The van der Waals surface area contributed by atoms with Crippen molar-refractivity contribution in [3.8, 4) is 12.3 Å². The van der Waals surface area contributed by atoms with Gasteiger partial charge in [-0.1, -0.05) is 5.92 Å². The molecule has 3 heteroatoms. The minimum Gasteiger partial charge on any atom is -0.321 e. The van der Waals surface area contributed by atoms with Crippen LogP contribution in [0, 0.1) is 12.3 Å². The largest absolute Gasteiger partial charge is 0.321 e. The van der Waals surface area contributed by atoms with Crippen molar-refractivity contribution in [2.45, 2.75) is 19.4 Å². The van der Waals surface area contributed by atoms with Crippen LogP contribution in [-0.2, 0) is 9.59 Å². The Morgan fingerprint density at radius 3 is 2.64 bits per heavy atom. The third-order valence-electron chi connectivity index (χ3n) is 1.72. The first-order valence-electron chi connectivity index (χ1n) is 3.42. The van der Waals surface area contributed by atoms with Crippen LogP contribution in [0.5, 0.6) is 0 Å². The molecule has 1 unspecified atom stereocenters. The van der Waals surface area contributed by atoms with Crippen LogP contribution < -0.4 is 0 Å². The molecule has 0 aliphatic carbocycles. The van der Waals surface area contributed by atoms with Crippen LogP contribution in [0.25, 0.3) is 0 Å². The monoisotopic (exact) mass is 151 g/mol. The molecule has 0 aromatic rings. The molecule has 0 N–H and O–H groups in total. The summed E-state index contributed by atoms with van der Waals surface area (Å²) >= 11 is 0. The fourth-order valence-electron chi connectivity index (χ4n) is 1.05. The summed E-state index contributed by atoms with van der Waals surface area (Å²) in [6.45, 7) is 1.92. The lowest BCUT2D eigenvalue weighted by Gasteiger charge is -2.17. The molecule has 0 saturated carbocycles. The highest BCUT2D eigenvalue weighted by atomic mass is 16.2. The van der Waals surface area contributed by atoms with Crippen LogP contribution in [0.1, 0.15) is 13.3 Å². The van der Waals surface area contributed by atoms with Gasteiger partial charge in [-0.05, 0) is 6.92 Å². The second-order valence-corrected chi connectivity index (χ2v) is 2.58. The summed E-state index contributed by atoms with van der Waals surface area (Å²) in [6, 6.07) is -0.256. The highest BCUT2D eigenvalue weighted by molar-refractivity contribution is 6.05. The van der Waals surface area contributed by atoms with Crippen LogP contribution in [0.3, 0.4) is 0 Å². The van der Waals surface area contributed by atoms with Gasteiger partial charge in [-0.2, -0.15) is 0 Å². The van der Waals surface area contributed by atoms with E-state index in [4.69, 9.17) is 6.42 Å². The molecule has 0 radical (unpaired) electrons. The number of Topliss-reactive ketones (excluding diaryl/α,β-unsaturated/α-hetero) is 1. The van der Waals surface area contributed by atoms with E-state index in [-0.39, 0.29) is 30.7 Å². The minimum atomic E-state index is -0.256. The molecule has 11 heavy (non-hydrogen) atoms. The molecule has 1 amide bonds. The maximum Gasteiger partial charge on any atom is 0.231 e. The third-order valence-corrected chi connectivity index (χ3v) is 1.72. The van der Waals surface area contributed by atoms with E-state index < -0.39 is 0 Å².